The molecule has 8 heteroatoms. The summed E-state index contributed by atoms with van der Waals surface area (Å²) in [5.74, 6) is 1.09. The number of aromatic nitrogens is 4. The summed E-state index contributed by atoms with van der Waals surface area (Å²) in [6.07, 6.45) is 0. The Hall–Kier alpha value is -2.19. The standard InChI is InChI=1S/C16H16N4O2S2/c1-2-22-13-7-5-12(6-8-13)15(21)11-24-16-17-18-19-20(16)10-14-4-3-9-23-14/h3-9H,2,10-11H2,1H3. The van der Waals surface area contributed by atoms with Gasteiger partial charge in [0.05, 0.1) is 18.9 Å². The van der Waals surface area contributed by atoms with Crippen molar-refractivity contribution in [1.82, 2.24) is 20.2 Å². The molecule has 0 N–H and O–H groups in total. The van der Waals surface area contributed by atoms with Gasteiger partial charge < -0.3 is 4.74 Å². The number of Topliss-reactive ketones (excluding diaryl/α,β-unsaturated/α-hetero) is 1. The molecule has 0 unspecified atom stereocenters. The van der Waals surface area contributed by atoms with E-state index >= 15 is 0 Å². The predicted octanol–water partition coefficient (Wildman–Crippen LogP) is 3.16. The summed E-state index contributed by atoms with van der Waals surface area (Å²) in [4.78, 5) is 13.5. The maximum Gasteiger partial charge on any atom is 0.210 e. The lowest BCUT2D eigenvalue weighted by molar-refractivity contribution is 0.102. The van der Waals surface area contributed by atoms with E-state index in [9.17, 15) is 4.79 Å². The maximum absolute atomic E-state index is 12.3. The van der Waals surface area contributed by atoms with Crippen molar-refractivity contribution in [3.05, 3.63) is 52.2 Å². The SMILES string of the molecule is CCOc1ccc(C(=O)CSc2nnnn2Cc2cccs2)cc1. The molecular formula is C16H16N4O2S2. The second-order valence-corrected chi connectivity index (χ2v) is 6.84. The molecule has 0 fully saturated rings. The van der Waals surface area contributed by atoms with Gasteiger partial charge in [-0.15, -0.1) is 16.4 Å². The topological polar surface area (TPSA) is 69.9 Å². The van der Waals surface area contributed by atoms with Crippen molar-refractivity contribution in [3.8, 4) is 5.75 Å². The third-order valence-corrected chi connectivity index (χ3v) is 5.02. The number of hydrogen-bond donors (Lipinski definition) is 0. The summed E-state index contributed by atoms with van der Waals surface area (Å²) in [5.41, 5.74) is 0.656. The van der Waals surface area contributed by atoms with Crippen molar-refractivity contribution in [2.45, 2.75) is 18.6 Å². The molecule has 0 aliphatic carbocycles. The molecule has 6 nitrogen and oxygen atoms in total. The Balaban J connectivity index is 1.59. The molecule has 1 aromatic carbocycles. The van der Waals surface area contributed by atoms with Gasteiger partial charge in [0.1, 0.15) is 5.75 Å². The zero-order valence-corrected chi connectivity index (χ0v) is 14.7. The largest absolute Gasteiger partial charge is 0.494 e. The van der Waals surface area contributed by atoms with E-state index in [4.69, 9.17) is 4.74 Å². The number of rotatable bonds is 8. The Morgan fingerprint density at radius 2 is 2.12 bits per heavy atom. The lowest BCUT2D eigenvalue weighted by Crippen LogP contribution is -2.06. The van der Waals surface area contributed by atoms with Crippen molar-refractivity contribution < 1.29 is 9.53 Å². The highest BCUT2D eigenvalue weighted by Gasteiger charge is 2.12. The van der Waals surface area contributed by atoms with Gasteiger partial charge in [-0.05, 0) is 53.1 Å². The zero-order valence-electron chi connectivity index (χ0n) is 13.1. The average Bonchev–Trinajstić information content (AvgIpc) is 3.26. The molecular weight excluding hydrogens is 344 g/mol. The number of benzene rings is 1. The summed E-state index contributed by atoms with van der Waals surface area (Å²) in [7, 11) is 0. The predicted molar refractivity (Wildman–Crippen MR) is 93.9 cm³/mol. The monoisotopic (exact) mass is 360 g/mol. The Labute approximate surface area is 147 Å². The average molecular weight is 360 g/mol. The number of carbonyl (C=O) groups excluding carboxylic acids is 1. The molecule has 124 valence electrons. The summed E-state index contributed by atoms with van der Waals surface area (Å²) in [6, 6.07) is 11.2. The third-order valence-electron chi connectivity index (χ3n) is 3.20. The molecule has 0 saturated heterocycles. The molecule has 2 heterocycles. The van der Waals surface area contributed by atoms with Crippen LogP contribution in [0.1, 0.15) is 22.2 Å². The first-order chi connectivity index (χ1) is 11.8. The minimum absolute atomic E-state index is 0.0359. The fourth-order valence-electron chi connectivity index (χ4n) is 2.07. The van der Waals surface area contributed by atoms with Crippen molar-refractivity contribution >= 4 is 28.9 Å². The van der Waals surface area contributed by atoms with E-state index in [2.05, 4.69) is 15.5 Å². The molecule has 0 bridgehead atoms. The van der Waals surface area contributed by atoms with Crippen LogP contribution in [0.5, 0.6) is 5.75 Å². The Kier molecular flexibility index (Phi) is 5.60. The Morgan fingerprint density at radius 3 is 2.83 bits per heavy atom. The highest BCUT2D eigenvalue weighted by Crippen LogP contribution is 2.19. The number of hydrogen-bond acceptors (Lipinski definition) is 7. The summed E-state index contributed by atoms with van der Waals surface area (Å²) in [6.45, 7) is 3.15. The first kappa shape index (κ1) is 16.7. The number of nitrogens with zero attached hydrogens (tertiary/aromatic N) is 4. The van der Waals surface area contributed by atoms with Gasteiger partial charge in [0.15, 0.2) is 5.78 Å². The van der Waals surface area contributed by atoms with Gasteiger partial charge in [-0.25, -0.2) is 4.68 Å². The minimum Gasteiger partial charge on any atom is -0.494 e. The van der Waals surface area contributed by atoms with Gasteiger partial charge >= 0.3 is 0 Å². The number of carbonyl (C=O) groups is 1. The van der Waals surface area contributed by atoms with Gasteiger partial charge in [0.25, 0.3) is 0 Å². The number of thioether (sulfide) groups is 1. The Bertz CT molecular complexity index is 785. The van der Waals surface area contributed by atoms with Crippen LogP contribution in [0.15, 0.2) is 46.9 Å². The lowest BCUT2D eigenvalue weighted by atomic mass is 10.1. The first-order valence-electron chi connectivity index (χ1n) is 7.43. The van der Waals surface area contributed by atoms with Crippen LogP contribution in [0.2, 0.25) is 0 Å². The molecule has 3 rings (SSSR count). The molecule has 0 amide bonds. The minimum atomic E-state index is 0.0359. The number of thiophene rings is 1. The van der Waals surface area contributed by atoms with Crippen molar-refractivity contribution in [1.29, 1.82) is 0 Å². The fraction of sp³-hybridized carbons (Fsp3) is 0.250. The second-order valence-electron chi connectivity index (χ2n) is 4.87. The van der Waals surface area contributed by atoms with Gasteiger partial charge in [0, 0.05) is 10.4 Å². The van der Waals surface area contributed by atoms with Crippen LogP contribution >= 0.6 is 23.1 Å². The molecule has 3 aromatic rings. The van der Waals surface area contributed by atoms with Crippen LogP contribution in [0.25, 0.3) is 0 Å². The molecule has 0 saturated carbocycles. The molecule has 24 heavy (non-hydrogen) atoms. The highest BCUT2D eigenvalue weighted by atomic mass is 32.2. The van der Waals surface area contributed by atoms with Crippen molar-refractivity contribution in [3.63, 3.8) is 0 Å². The smallest absolute Gasteiger partial charge is 0.210 e. The van der Waals surface area contributed by atoms with E-state index in [-0.39, 0.29) is 5.78 Å². The van der Waals surface area contributed by atoms with E-state index in [0.29, 0.717) is 29.6 Å². The molecule has 0 aliphatic rings. The van der Waals surface area contributed by atoms with Crippen LogP contribution in [-0.2, 0) is 6.54 Å². The van der Waals surface area contributed by atoms with E-state index in [1.165, 1.54) is 16.6 Å². The zero-order chi connectivity index (χ0) is 16.8. The number of ether oxygens (including phenoxy) is 1. The van der Waals surface area contributed by atoms with E-state index in [0.717, 1.165) is 5.75 Å². The Morgan fingerprint density at radius 1 is 1.29 bits per heavy atom. The van der Waals surface area contributed by atoms with E-state index in [1.54, 1.807) is 28.2 Å². The van der Waals surface area contributed by atoms with Crippen LogP contribution < -0.4 is 4.74 Å². The first-order valence-corrected chi connectivity index (χ1v) is 9.30. The second kappa shape index (κ2) is 8.07. The molecule has 0 aliphatic heterocycles. The van der Waals surface area contributed by atoms with Crippen LogP contribution in [0, 0.1) is 0 Å². The quantitative estimate of drug-likeness (QED) is 0.454. The van der Waals surface area contributed by atoms with Gasteiger partial charge in [-0.1, -0.05) is 17.8 Å². The van der Waals surface area contributed by atoms with Crippen LogP contribution in [0.4, 0.5) is 0 Å². The van der Waals surface area contributed by atoms with Gasteiger partial charge in [-0.2, -0.15) is 0 Å². The van der Waals surface area contributed by atoms with Crippen molar-refractivity contribution in [2.24, 2.45) is 0 Å². The maximum atomic E-state index is 12.3. The van der Waals surface area contributed by atoms with E-state index in [1.807, 2.05) is 36.6 Å². The van der Waals surface area contributed by atoms with E-state index < -0.39 is 0 Å². The van der Waals surface area contributed by atoms with Gasteiger partial charge in [0.2, 0.25) is 5.16 Å². The molecule has 0 radical (unpaired) electrons. The lowest BCUT2D eigenvalue weighted by Gasteiger charge is -2.05. The summed E-state index contributed by atoms with van der Waals surface area (Å²) < 4.78 is 7.09. The van der Waals surface area contributed by atoms with Crippen molar-refractivity contribution in [2.75, 3.05) is 12.4 Å². The molecule has 2 aromatic heterocycles. The summed E-state index contributed by atoms with van der Waals surface area (Å²) in [5, 5.41) is 14.3. The normalized spacial score (nSPS) is 10.7. The van der Waals surface area contributed by atoms with Crippen LogP contribution in [0.3, 0.4) is 0 Å². The number of ketones is 1. The number of tetrazole rings is 1. The highest BCUT2D eigenvalue weighted by molar-refractivity contribution is 7.99. The third kappa shape index (κ3) is 4.21. The molecule has 0 spiro atoms. The van der Waals surface area contributed by atoms with Gasteiger partial charge in [-0.3, -0.25) is 4.79 Å². The van der Waals surface area contributed by atoms with Crippen LogP contribution in [-0.4, -0.2) is 38.4 Å². The fourth-order valence-corrected chi connectivity index (χ4v) is 3.52. The summed E-state index contributed by atoms with van der Waals surface area (Å²) >= 11 is 3.00. The molecule has 0 atom stereocenters.